The van der Waals surface area contributed by atoms with Crippen molar-refractivity contribution in [2.75, 3.05) is 0 Å². The normalized spacial score (nSPS) is 12.9. The van der Waals surface area contributed by atoms with Crippen LogP contribution in [0.25, 0.3) is 94.7 Å². The summed E-state index contributed by atoms with van der Waals surface area (Å²) < 4.78 is 33.6. The highest BCUT2D eigenvalue weighted by atomic mass is 16.3. The molecular formula is C62H51N3O2. The zero-order chi connectivity index (χ0) is 48.5. The van der Waals surface area contributed by atoms with Crippen molar-refractivity contribution in [3.63, 3.8) is 0 Å². The van der Waals surface area contributed by atoms with Gasteiger partial charge in [0.25, 0.3) is 0 Å². The van der Waals surface area contributed by atoms with E-state index in [4.69, 9.17) is 18.5 Å². The Hall–Kier alpha value is -8.02. The third kappa shape index (κ3) is 7.47. The Kier molecular flexibility index (Phi) is 9.22. The molecule has 0 saturated carbocycles. The first-order chi connectivity index (χ1) is 33.6. The molecule has 326 valence electrons. The summed E-state index contributed by atoms with van der Waals surface area (Å²) in [6, 6.07) is 63.0. The van der Waals surface area contributed by atoms with Crippen LogP contribution < -0.4 is 0 Å². The molecule has 11 rings (SSSR count). The van der Waals surface area contributed by atoms with Crippen LogP contribution in [0.5, 0.6) is 5.75 Å². The number of nitrogens with zero attached hydrogens (tertiary/aromatic N) is 3. The number of hydrogen-bond acceptors (Lipinski definition) is 4. The highest BCUT2D eigenvalue weighted by molar-refractivity contribution is 6.07. The molecule has 67 heavy (non-hydrogen) atoms. The van der Waals surface area contributed by atoms with Gasteiger partial charge in [0.1, 0.15) is 22.7 Å². The minimum atomic E-state index is -2.34. The van der Waals surface area contributed by atoms with Crippen molar-refractivity contribution in [2.45, 2.75) is 52.3 Å². The number of rotatable bonds is 8. The van der Waals surface area contributed by atoms with Gasteiger partial charge in [-0.15, -0.1) is 0 Å². The summed E-state index contributed by atoms with van der Waals surface area (Å²) in [4.78, 5) is 10.5. The number of aromatic hydroxyl groups is 1. The Morgan fingerprint density at radius 2 is 1.25 bits per heavy atom. The predicted octanol–water partition coefficient (Wildman–Crippen LogP) is 16.3. The number of benzene rings is 8. The number of phenols is 1. The first kappa shape index (κ1) is 38.3. The predicted molar refractivity (Wildman–Crippen MR) is 277 cm³/mol. The van der Waals surface area contributed by atoms with Crippen LogP contribution in [0.15, 0.2) is 199 Å². The van der Waals surface area contributed by atoms with Crippen LogP contribution in [0.4, 0.5) is 0 Å². The Balaban J connectivity index is 1.10. The molecule has 0 spiro atoms. The summed E-state index contributed by atoms with van der Waals surface area (Å²) in [5, 5.41) is 13.8. The molecule has 0 bridgehead atoms. The molecule has 0 saturated heterocycles. The highest BCUT2D eigenvalue weighted by Gasteiger charge is 2.26. The molecule has 0 fully saturated rings. The zero-order valence-corrected chi connectivity index (χ0v) is 38.2. The molecule has 3 heterocycles. The van der Waals surface area contributed by atoms with E-state index in [-0.39, 0.29) is 22.1 Å². The SMILES string of the molecule is [2H]C([2H])([2H])c1ccc(-n2c(-c3cc4oc5ccccc5c4cc3O)nc3c(-c4cc(-c5cc(-c6ccc(C(C)(C)c7ccccc7)cc6)ccn5)cc(C(C)(C)C)c4)cccc32)c(-c2ccccc2)c1. The molecule has 0 aliphatic heterocycles. The summed E-state index contributed by atoms with van der Waals surface area (Å²) in [5.41, 5.74) is 14.9. The van der Waals surface area contributed by atoms with E-state index in [1.165, 1.54) is 11.1 Å². The Labute approximate surface area is 395 Å². The summed E-state index contributed by atoms with van der Waals surface area (Å²) in [7, 11) is 0. The first-order valence-electron chi connectivity index (χ1n) is 24.3. The lowest BCUT2D eigenvalue weighted by Crippen LogP contribution is -2.18. The molecular weight excluding hydrogens is 819 g/mol. The van der Waals surface area contributed by atoms with Crippen molar-refractivity contribution in [2.24, 2.45) is 0 Å². The van der Waals surface area contributed by atoms with E-state index in [0.29, 0.717) is 39.3 Å². The summed E-state index contributed by atoms with van der Waals surface area (Å²) in [6.07, 6.45) is 1.89. The van der Waals surface area contributed by atoms with Crippen LogP contribution in [-0.2, 0) is 10.8 Å². The molecule has 0 aliphatic rings. The van der Waals surface area contributed by atoms with E-state index in [2.05, 4.69) is 126 Å². The van der Waals surface area contributed by atoms with E-state index in [1.807, 2.05) is 89.6 Å². The summed E-state index contributed by atoms with van der Waals surface area (Å²) >= 11 is 0. The van der Waals surface area contributed by atoms with Gasteiger partial charge in [0, 0.05) is 43.2 Å². The second-order valence-electron chi connectivity index (χ2n) is 19.1. The van der Waals surface area contributed by atoms with Crippen LogP contribution in [-0.4, -0.2) is 19.6 Å². The van der Waals surface area contributed by atoms with E-state index in [1.54, 1.807) is 18.2 Å². The van der Waals surface area contributed by atoms with Crippen LogP contribution >= 0.6 is 0 Å². The van der Waals surface area contributed by atoms with Gasteiger partial charge in [-0.05, 0) is 112 Å². The third-order valence-corrected chi connectivity index (χ3v) is 13.3. The molecule has 5 nitrogen and oxygen atoms in total. The number of hydrogen-bond donors (Lipinski definition) is 1. The van der Waals surface area contributed by atoms with E-state index in [0.717, 1.165) is 60.9 Å². The number of phenolic OH excluding ortho intramolecular Hbond substituents is 1. The van der Waals surface area contributed by atoms with Gasteiger partial charge in [0.15, 0.2) is 0 Å². The Bertz CT molecular complexity index is 3770. The summed E-state index contributed by atoms with van der Waals surface area (Å²) in [6.45, 7) is 8.85. The largest absolute Gasteiger partial charge is 0.507 e. The monoisotopic (exact) mass is 872 g/mol. The smallest absolute Gasteiger partial charge is 0.149 e. The second kappa shape index (κ2) is 16.1. The fourth-order valence-electron chi connectivity index (χ4n) is 9.51. The highest BCUT2D eigenvalue weighted by Crippen LogP contribution is 2.44. The number of imidazole rings is 1. The molecule has 3 aromatic heterocycles. The van der Waals surface area contributed by atoms with Gasteiger partial charge in [-0.3, -0.25) is 9.55 Å². The van der Waals surface area contributed by atoms with Crippen molar-refractivity contribution in [3.8, 4) is 67.5 Å². The van der Waals surface area contributed by atoms with Gasteiger partial charge in [-0.1, -0.05) is 168 Å². The minimum Gasteiger partial charge on any atom is -0.507 e. The molecule has 0 unspecified atom stereocenters. The number of aromatic nitrogens is 3. The number of para-hydroxylation sites is 2. The fourth-order valence-corrected chi connectivity index (χ4v) is 9.51. The Morgan fingerprint density at radius 3 is 2.03 bits per heavy atom. The van der Waals surface area contributed by atoms with E-state index < -0.39 is 6.85 Å². The first-order valence-corrected chi connectivity index (χ1v) is 22.8. The van der Waals surface area contributed by atoms with Gasteiger partial charge < -0.3 is 9.52 Å². The van der Waals surface area contributed by atoms with Crippen LogP contribution in [0.3, 0.4) is 0 Å². The summed E-state index contributed by atoms with van der Waals surface area (Å²) in [5.74, 6) is 0.510. The van der Waals surface area contributed by atoms with Gasteiger partial charge >= 0.3 is 0 Å². The standard InChI is InChI=1S/C62H51N3O2/c1-39-24-29-54(50(32-39)41-16-9-7-10-17-41)65-55-22-15-21-48(59(55)64-60(65)52-38-58-51(37-56(52)66)49-20-13-14-23-57(49)67-58)43-33-44(35-47(34-43)61(2,3)4)53-36-42(30-31-63-53)40-25-27-46(28-26-40)62(5,6)45-18-11-8-12-19-45/h7-38,66H,1-6H3/i1D3. The maximum Gasteiger partial charge on any atom is 0.149 e. The van der Waals surface area contributed by atoms with Crippen LogP contribution in [0, 0.1) is 6.85 Å². The maximum atomic E-state index is 12.1. The number of fused-ring (bicyclic) bond motifs is 4. The topological polar surface area (TPSA) is 64.1 Å². The van der Waals surface area contributed by atoms with Crippen molar-refractivity contribution in [3.05, 3.63) is 217 Å². The molecule has 8 aromatic carbocycles. The van der Waals surface area contributed by atoms with Gasteiger partial charge in [0.05, 0.1) is 28.0 Å². The van der Waals surface area contributed by atoms with Crippen LogP contribution in [0.2, 0.25) is 0 Å². The maximum absolute atomic E-state index is 12.1. The number of furan rings is 1. The van der Waals surface area contributed by atoms with Gasteiger partial charge in [-0.25, -0.2) is 4.98 Å². The lowest BCUT2D eigenvalue weighted by molar-refractivity contribution is 0.477. The lowest BCUT2D eigenvalue weighted by Gasteiger charge is -2.26. The van der Waals surface area contributed by atoms with Crippen molar-refractivity contribution in [1.82, 2.24) is 14.5 Å². The molecule has 0 radical (unpaired) electrons. The zero-order valence-electron chi connectivity index (χ0n) is 41.2. The van der Waals surface area contributed by atoms with Gasteiger partial charge in [0.2, 0.25) is 0 Å². The third-order valence-electron chi connectivity index (χ3n) is 13.3. The van der Waals surface area contributed by atoms with E-state index >= 15 is 0 Å². The molecule has 5 heteroatoms. The second-order valence-corrected chi connectivity index (χ2v) is 19.1. The average molecular weight is 873 g/mol. The quantitative estimate of drug-likeness (QED) is 0.165. The van der Waals surface area contributed by atoms with Crippen LogP contribution in [0.1, 0.15) is 61.0 Å². The minimum absolute atomic E-state index is 0.0371. The molecule has 0 amide bonds. The lowest BCUT2D eigenvalue weighted by atomic mass is 9.78. The number of aryl methyl sites for hydroxylation is 1. The van der Waals surface area contributed by atoms with Crippen molar-refractivity contribution < 1.29 is 13.6 Å². The molecule has 11 aromatic rings. The van der Waals surface area contributed by atoms with Crippen molar-refractivity contribution >= 4 is 33.0 Å². The number of pyridine rings is 1. The molecule has 1 N–H and O–H groups in total. The molecule has 0 atom stereocenters. The van der Waals surface area contributed by atoms with E-state index in [9.17, 15) is 5.11 Å². The fraction of sp³-hybridized carbons (Fsp3) is 0.129. The molecule has 0 aliphatic carbocycles. The Morgan fingerprint density at radius 1 is 0.522 bits per heavy atom. The van der Waals surface area contributed by atoms with Gasteiger partial charge in [-0.2, -0.15) is 0 Å². The van der Waals surface area contributed by atoms with Crippen molar-refractivity contribution in [1.29, 1.82) is 0 Å². The average Bonchev–Trinajstić information content (AvgIpc) is 3.94.